The molecule has 1 aromatic carbocycles. The normalized spacial score (nSPS) is 16.9. The molecule has 1 aliphatic heterocycles. The van der Waals surface area contributed by atoms with Crippen LogP contribution in [0.5, 0.6) is 11.5 Å². The van der Waals surface area contributed by atoms with Gasteiger partial charge in [-0.05, 0) is 49.7 Å². The molecule has 27 heavy (non-hydrogen) atoms. The van der Waals surface area contributed by atoms with Gasteiger partial charge in [-0.25, -0.2) is 4.98 Å². The number of hydrogen-bond donors (Lipinski definition) is 2. The highest BCUT2D eigenvalue weighted by Crippen LogP contribution is 2.35. The lowest BCUT2D eigenvalue weighted by Gasteiger charge is -2.36. The fourth-order valence-electron chi connectivity index (χ4n) is 2.85. The monoisotopic (exact) mass is 370 g/mol. The summed E-state index contributed by atoms with van der Waals surface area (Å²) in [5.41, 5.74) is 6.37. The highest BCUT2D eigenvalue weighted by Gasteiger charge is 2.39. The van der Waals surface area contributed by atoms with Gasteiger partial charge in [0.05, 0.1) is 7.11 Å². The highest BCUT2D eigenvalue weighted by molar-refractivity contribution is 6.07. The maximum absolute atomic E-state index is 12.8. The average Bonchev–Trinajstić information content (AvgIpc) is 2.67. The molecule has 142 valence electrons. The molecular formula is C19H22N4O4. The number of nitrogens with one attached hydrogen (secondary N) is 1. The number of nitrogens with two attached hydrogens (primary N) is 1. The Morgan fingerprint density at radius 2 is 2.04 bits per heavy atom. The van der Waals surface area contributed by atoms with Gasteiger partial charge < -0.3 is 20.5 Å². The van der Waals surface area contributed by atoms with Gasteiger partial charge in [-0.15, -0.1) is 0 Å². The van der Waals surface area contributed by atoms with Gasteiger partial charge in [0.15, 0.2) is 17.7 Å². The largest absolute Gasteiger partial charge is 0.497 e. The third-order valence-electron chi connectivity index (χ3n) is 4.37. The molecule has 1 aromatic heterocycles. The van der Waals surface area contributed by atoms with E-state index in [1.54, 1.807) is 50.4 Å². The van der Waals surface area contributed by atoms with E-state index in [1.807, 2.05) is 6.92 Å². The van der Waals surface area contributed by atoms with Crippen LogP contribution in [0.4, 0.5) is 17.3 Å². The van der Waals surface area contributed by atoms with E-state index in [0.717, 1.165) is 0 Å². The number of aromatic nitrogens is 1. The Morgan fingerprint density at radius 3 is 2.67 bits per heavy atom. The van der Waals surface area contributed by atoms with Crippen molar-refractivity contribution >= 4 is 29.1 Å². The second-order valence-corrected chi connectivity index (χ2v) is 6.17. The van der Waals surface area contributed by atoms with Crippen LogP contribution in [0.1, 0.15) is 20.3 Å². The number of benzene rings is 1. The van der Waals surface area contributed by atoms with E-state index in [4.69, 9.17) is 15.2 Å². The van der Waals surface area contributed by atoms with Crippen LogP contribution in [-0.4, -0.2) is 36.1 Å². The Balaban J connectivity index is 1.87. The number of ether oxygens (including phenoxy) is 2. The maximum Gasteiger partial charge on any atom is 0.270 e. The predicted octanol–water partition coefficient (Wildman–Crippen LogP) is 2.20. The van der Waals surface area contributed by atoms with Gasteiger partial charge in [-0.1, -0.05) is 6.92 Å². The Kier molecular flexibility index (Phi) is 5.16. The van der Waals surface area contributed by atoms with Crippen molar-refractivity contribution < 1.29 is 19.1 Å². The molecular weight excluding hydrogens is 348 g/mol. The number of carbonyl (C=O) groups excluding carboxylic acids is 2. The lowest BCUT2D eigenvalue weighted by Crippen LogP contribution is -2.53. The van der Waals surface area contributed by atoms with Gasteiger partial charge in [0, 0.05) is 5.69 Å². The molecule has 0 radical (unpaired) electrons. The van der Waals surface area contributed by atoms with Crippen molar-refractivity contribution in [3.63, 3.8) is 0 Å². The second-order valence-electron chi connectivity index (χ2n) is 6.17. The number of hydrogen-bond acceptors (Lipinski definition) is 6. The summed E-state index contributed by atoms with van der Waals surface area (Å²) in [5.74, 6) is 0.944. The van der Waals surface area contributed by atoms with Crippen molar-refractivity contribution in [2.75, 3.05) is 23.1 Å². The molecule has 2 unspecified atom stereocenters. The lowest BCUT2D eigenvalue weighted by molar-refractivity contribution is -0.129. The van der Waals surface area contributed by atoms with Crippen LogP contribution < -0.4 is 25.4 Å². The van der Waals surface area contributed by atoms with E-state index in [9.17, 15) is 9.59 Å². The van der Waals surface area contributed by atoms with Crippen molar-refractivity contribution in [2.45, 2.75) is 32.4 Å². The molecule has 3 N–H and O–H groups in total. The van der Waals surface area contributed by atoms with Crippen LogP contribution in [0.25, 0.3) is 0 Å². The van der Waals surface area contributed by atoms with Gasteiger partial charge >= 0.3 is 0 Å². The van der Waals surface area contributed by atoms with Gasteiger partial charge in [0.2, 0.25) is 5.91 Å². The molecule has 8 nitrogen and oxygen atoms in total. The predicted molar refractivity (Wildman–Crippen MR) is 102 cm³/mol. The topological polar surface area (TPSA) is 107 Å². The van der Waals surface area contributed by atoms with E-state index in [0.29, 0.717) is 23.6 Å². The molecule has 0 saturated heterocycles. The summed E-state index contributed by atoms with van der Waals surface area (Å²) in [6.07, 6.45) is -0.189. The summed E-state index contributed by atoms with van der Waals surface area (Å²) in [4.78, 5) is 31.2. The van der Waals surface area contributed by atoms with E-state index in [1.165, 1.54) is 4.90 Å². The SMILES string of the molecule is CCC1Oc2ccc(N)nc2N(C(C)C(=O)Nc2ccc(OC)cc2)C1=O. The molecule has 1 aliphatic rings. The second kappa shape index (κ2) is 7.53. The fraction of sp³-hybridized carbons (Fsp3) is 0.316. The number of fused-ring (bicyclic) bond motifs is 1. The fourth-order valence-corrected chi connectivity index (χ4v) is 2.85. The third kappa shape index (κ3) is 3.64. The number of rotatable bonds is 5. The molecule has 0 spiro atoms. The number of nitrogen functional groups attached to an aromatic ring is 1. The minimum Gasteiger partial charge on any atom is -0.497 e. The molecule has 2 heterocycles. The number of amides is 2. The number of pyridine rings is 1. The van der Waals surface area contributed by atoms with Gasteiger partial charge in [-0.3, -0.25) is 14.5 Å². The van der Waals surface area contributed by atoms with Gasteiger partial charge in [-0.2, -0.15) is 0 Å². The zero-order chi connectivity index (χ0) is 19.6. The zero-order valence-electron chi connectivity index (χ0n) is 15.4. The molecule has 0 bridgehead atoms. The minimum absolute atomic E-state index is 0.243. The highest BCUT2D eigenvalue weighted by atomic mass is 16.5. The first kappa shape index (κ1) is 18.5. The van der Waals surface area contributed by atoms with Crippen LogP contribution in [-0.2, 0) is 9.59 Å². The smallest absolute Gasteiger partial charge is 0.270 e. The first-order chi connectivity index (χ1) is 12.9. The van der Waals surface area contributed by atoms with Crippen LogP contribution in [0.2, 0.25) is 0 Å². The van der Waals surface area contributed by atoms with Crippen molar-refractivity contribution in [3.8, 4) is 11.5 Å². The van der Waals surface area contributed by atoms with E-state index < -0.39 is 12.1 Å². The summed E-state index contributed by atoms with van der Waals surface area (Å²) in [5, 5.41) is 2.80. The van der Waals surface area contributed by atoms with Gasteiger partial charge in [0.1, 0.15) is 17.6 Å². The standard InChI is InChI=1S/C19H22N4O4/c1-4-14-19(25)23(17-15(27-14)9-10-16(20)22-17)11(2)18(24)21-12-5-7-13(26-3)8-6-12/h5-11,14H,4H2,1-3H3,(H2,20,22)(H,21,24). The minimum atomic E-state index is -0.800. The van der Waals surface area contributed by atoms with Crippen LogP contribution in [0, 0.1) is 0 Å². The van der Waals surface area contributed by atoms with Crippen molar-refractivity contribution in [3.05, 3.63) is 36.4 Å². The first-order valence-corrected chi connectivity index (χ1v) is 8.65. The number of anilines is 3. The maximum atomic E-state index is 12.8. The zero-order valence-corrected chi connectivity index (χ0v) is 15.4. The van der Waals surface area contributed by atoms with Crippen LogP contribution >= 0.6 is 0 Å². The first-order valence-electron chi connectivity index (χ1n) is 8.65. The third-order valence-corrected chi connectivity index (χ3v) is 4.37. The Hall–Kier alpha value is -3.29. The van der Waals surface area contributed by atoms with E-state index >= 15 is 0 Å². The molecule has 2 atom stereocenters. The summed E-state index contributed by atoms with van der Waals surface area (Å²) in [6.45, 7) is 3.49. The molecule has 3 rings (SSSR count). The summed E-state index contributed by atoms with van der Waals surface area (Å²) >= 11 is 0. The summed E-state index contributed by atoms with van der Waals surface area (Å²) in [7, 11) is 1.57. The molecule has 8 heteroatoms. The molecule has 0 saturated carbocycles. The summed E-state index contributed by atoms with van der Waals surface area (Å²) in [6, 6.07) is 9.39. The van der Waals surface area contributed by atoms with Crippen LogP contribution in [0.15, 0.2) is 36.4 Å². The lowest BCUT2D eigenvalue weighted by atomic mass is 10.1. The molecule has 0 fully saturated rings. The number of nitrogens with zero attached hydrogens (tertiary/aromatic N) is 2. The number of carbonyl (C=O) groups is 2. The average molecular weight is 370 g/mol. The van der Waals surface area contributed by atoms with E-state index in [2.05, 4.69) is 10.3 Å². The van der Waals surface area contributed by atoms with Crippen molar-refractivity contribution in [1.82, 2.24) is 4.98 Å². The molecule has 0 aliphatic carbocycles. The molecule has 2 aromatic rings. The van der Waals surface area contributed by atoms with Crippen LogP contribution in [0.3, 0.4) is 0 Å². The van der Waals surface area contributed by atoms with Crippen molar-refractivity contribution in [1.29, 1.82) is 0 Å². The quantitative estimate of drug-likeness (QED) is 0.836. The Morgan fingerprint density at radius 1 is 1.33 bits per heavy atom. The van der Waals surface area contributed by atoms with Crippen molar-refractivity contribution in [2.24, 2.45) is 0 Å². The number of methoxy groups -OCH3 is 1. The Labute approximate surface area is 157 Å². The van der Waals surface area contributed by atoms with E-state index in [-0.39, 0.29) is 23.5 Å². The summed E-state index contributed by atoms with van der Waals surface area (Å²) < 4.78 is 10.8. The van der Waals surface area contributed by atoms with Gasteiger partial charge in [0.25, 0.3) is 5.91 Å². The molecule has 2 amide bonds. The Bertz CT molecular complexity index is 853.